The predicted molar refractivity (Wildman–Crippen MR) is 79.1 cm³/mol. The highest BCUT2D eigenvalue weighted by atomic mass is 16.3. The molecule has 0 fully saturated rings. The van der Waals surface area contributed by atoms with Crippen molar-refractivity contribution in [3.8, 4) is 5.75 Å². The standard InChI is InChI=1S/C15H20N2O3/c18-10-9-16-8-2-1-3-11-4-6-13(19)15-12(11)5-7-14(20)17-15/h4-7,16,18-19H,1-3,8-10H2,(H,17,20). The van der Waals surface area contributed by atoms with Gasteiger partial charge in [-0.15, -0.1) is 0 Å². The Labute approximate surface area is 117 Å². The van der Waals surface area contributed by atoms with E-state index in [1.165, 1.54) is 6.07 Å². The quantitative estimate of drug-likeness (QED) is 0.571. The second-order valence-corrected chi connectivity index (χ2v) is 4.79. The Kier molecular flexibility index (Phi) is 5.15. The lowest BCUT2D eigenvalue weighted by atomic mass is 10.0. The number of aryl methyl sites for hydroxylation is 1. The highest BCUT2D eigenvalue weighted by molar-refractivity contribution is 5.87. The molecule has 0 aliphatic heterocycles. The number of unbranched alkanes of at least 4 members (excludes halogenated alkanes) is 1. The maximum absolute atomic E-state index is 11.3. The summed E-state index contributed by atoms with van der Waals surface area (Å²) in [5, 5.41) is 22.5. The number of aliphatic hydroxyl groups is 1. The first-order chi connectivity index (χ1) is 9.72. The van der Waals surface area contributed by atoms with Crippen LogP contribution in [0.2, 0.25) is 0 Å². The average Bonchev–Trinajstić information content (AvgIpc) is 2.45. The van der Waals surface area contributed by atoms with Gasteiger partial charge in [-0.25, -0.2) is 0 Å². The number of H-pyrrole nitrogens is 1. The average molecular weight is 276 g/mol. The number of fused-ring (bicyclic) bond motifs is 1. The summed E-state index contributed by atoms with van der Waals surface area (Å²) in [6.07, 6.45) is 2.92. The van der Waals surface area contributed by atoms with Crippen molar-refractivity contribution < 1.29 is 10.2 Å². The molecule has 0 spiro atoms. The number of hydrogen-bond donors (Lipinski definition) is 4. The van der Waals surface area contributed by atoms with E-state index in [1.807, 2.05) is 6.07 Å². The van der Waals surface area contributed by atoms with Gasteiger partial charge in [-0.2, -0.15) is 0 Å². The molecule has 5 heteroatoms. The lowest BCUT2D eigenvalue weighted by Crippen LogP contribution is -2.19. The van der Waals surface area contributed by atoms with Crippen molar-refractivity contribution in [3.05, 3.63) is 40.2 Å². The van der Waals surface area contributed by atoms with Crippen LogP contribution >= 0.6 is 0 Å². The Bertz CT molecular complexity index is 622. The number of aromatic hydroxyl groups is 1. The second kappa shape index (κ2) is 7.07. The Morgan fingerprint density at radius 2 is 1.95 bits per heavy atom. The fourth-order valence-electron chi connectivity index (χ4n) is 2.28. The van der Waals surface area contributed by atoms with Crippen LogP contribution in [0.25, 0.3) is 10.9 Å². The van der Waals surface area contributed by atoms with Crippen LogP contribution in [0.4, 0.5) is 0 Å². The molecule has 0 atom stereocenters. The Morgan fingerprint density at radius 1 is 1.10 bits per heavy atom. The minimum absolute atomic E-state index is 0.103. The highest BCUT2D eigenvalue weighted by Crippen LogP contribution is 2.25. The van der Waals surface area contributed by atoms with Gasteiger partial charge in [-0.05, 0) is 43.5 Å². The van der Waals surface area contributed by atoms with Crippen molar-refractivity contribution >= 4 is 10.9 Å². The molecule has 1 heterocycles. The fraction of sp³-hybridized carbons (Fsp3) is 0.400. The minimum atomic E-state index is -0.210. The first kappa shape index (κ1) is 14.6. The molecule has 0 radical (unpaired) electrons. The van der Waals surface area contributed by atoms with Gasteiger partial charge in [0.25, 0.3) is 0 Å². The number of phenolic OH excluding ortho intramolecular Hbond substituents is 1. The van der Waals surface area contributed by atoms with Gasteiger partial charge in [0, 0.05) is 18.0 Å². The van der Waals surface area contributed by atoms with Crippen LogP contribution in [0.3, 0.4) is 0 Å². The zero-order valence-corrected chi connectivity index (χ0v) is 11.4. The van der Waals surface area contributed by atoms with Gasteiger partial charge in [-0.1, -0.05) is 6.07 Å². The first-order valence-electron chi connectivity index (χ1n) is 6.88. The summed E-state index contributed by atoms with van der Waals surface area (Å²) < 4.78 is 0. The number of phenols is 1. The molecular formula is C15H20N2O3. The van der Waals surface area contributed by atoms with Crippen molar-refractivity contribution in [1.82, 2.24) is 10.3 Å². The number of rotatable bonds is 7. The third kappa shape index (κ3) is 3.59. The Morgan fingerprint density at radius 3 is 2.75 bits per heavy atom. The fourth-order valence-corrected chi connectivity index (χ4v) is 2.28. The summed E-state index contributed by atoms with van der Waals surface area (Å²) in [5.74, 6) is 0.103. The number of nitrogens with one attached hydrogen (secondary N) is 2. The van der Waals surface area contributed by atoms with E-state index in [4.69, 9.17) is 5.11 Å². The molecule has 0 aliphatic rings. The van der Waals surface area contributed by atoms with E-state index in [0.717, 1.165) is 36.8 Å². The molecule has 0 saturated heterocycles. The number of aromatic nitrogens is 1. The molecule has 2 aromatic rings. The van der Waals surface area contributed by atoms with Crippen molar-refractivity contribution in [2.45, 2.75) is 19.3 Å². The van der Waals surface area contributed by atoms with Gasteiger partial charge in [0.15, 0.2) is 0 Å². The monoisotopic (exact) mass is 276 g/mol. The van der Waals surface area contributed by atoms with Crippen LogP contribution in [-0.4, -0.2) is 34.9 Å². The molecule has 108 valence electrons. The van der Waals surface area contributed by atoms with E-state index in [2.05, 4.69) is 10.3 Å². The summed E-state index contributed by atoms with van der Waals surface area (Å²) in [5.41, 5.74) is 1.42. The number of hydrogen-bond acceptors (Lipinski definition) is 4. The summed E-state index contributed by atoms with van der Waals surface area (Å²) in [4.78, 5) is 14.0. The van der Waals surface area contributed by atoms with Crippen molar-refractivity contribution in [2.75, 3.05) is 19.7 Å². The molecule has 4 N–H and O–H groups in total. The van der Waals surface area contributed by atoms with E-state index in [-0.39, 0.29) is 17.9 Å². The second-order valence-electron chi connectivity index (χ2n) is 4.79. The Hall–Kier alpha value is -1.85. The zero-order chi connectivity index (χ0) is 14.4. The van der Waals surface area contributed by atoms with E-state index in [0.29, 0.717) is 12.1 Å². The highest BCUT2D eigenvalue weighted by Gasteiger charge is 2.06. The SMILES string of the molecule is O=c1ccc2c(CCCCNCCO)ccc(O)c2[nH]1. The topological polar surface area (TPSA) is 85.3 Å². The maximum Gasteiger partial charge on any atom is 0.248 e. The normalized spacial score (nSPS) is 11.1. The van der Waals surface area contributed by atoms with Crippen LogP contribution in [0, 0.1) is 0 Å². The van der Waals surface area contributed by atoms with Gasteiger partial charge >= 0.3 is 0 Å². The van der Waals surface area contributed by atoms with Crippen molar-refractivity contribution in [2.24, 2.45) is 0 Å². The molecule has 0 aliphatic carbocycles. The predicted octanol–water partition coefficient (Wildman–Crippen LogP) is 1.14. The van der Waals surface area contributed by atoms with Crippen LogP contribution in [0.15, 0.2) is 29.1 Å². The van der Waals surface area contributed by atoms with Crippen LogP contribution in [0.1, 0.15) is 18.4 Å². The maximum atomic E-state index is 11.3. The van der Waals surface area contributed by atoms with Crippen LogP contribution in [-0.2, 0) is 6.42 Å². The van der Waals surface area contributed by atoms with Crippen molar-refractivity contribution in [3.63, 3.8) is 0 Å². The van der Waals surface area contributed by atoms with E-state index >= 15 is 0 Å². The van der Waals surface area contributed by atoms with Gasteiger partial charge in [0.2, 0.25) is 5.56 Å². The Balaban J connectivity index is 2.03. The van der Waals surface area contributed by atoms with E-state index in [9.17, 15) is 9.90 Å². The van der Waals surface area contributed by atoms with Gasteiger partial charge in [0.05, 0.1) is 12.1 Å². The van der Waals surface area contributed by atoms with Crippen molar-refractivity contribution in [1.29, 1.82) is 0 Å². The lowest BCUT2D eigenvalue weighted by molar-refractivity contribution is 0.292. The van der Waals surface area contributed by atoms with Crippen LogP contribution < -0.4 is 10.9 Å². The van der Waals surface area contributed by atoms with Crippen LogP contribution in [0.5, 0.6) is 5.75 Å². The van der Waals surface area contributed by atoms with E-state index in [1.54, 1.807) is 12.1 Å². The summed E-state index contributed by atoms with van der Waals surface area (Å²) in [7, 11) is 0. The number of aliphatic hydroxyl groups excluding tert-OH is 1. The molecular weight excluding hydrogens is 256 g/mol. The third-order valence-corrected chi connectivity index (χ3v) is 3.30. The lowest BCUT2D eigenvalue weighted by Gasteiger charge is -2.08. The molecule has 1 aromatic heterocycles. The zero-order valence-electron chi connectivity index (χ0n) is 11.4. The third-order valence-electron chi connectivity index (χ3n) is 3.30. The molecule has 1 aromatic carbocycles. The molecule has 0 saturated carbocycles. The summed E-state index contributed by atoms with van der Waals surface area (Å²) >= 11 is 0. The van der Waals surface area contributed by atoms with Gasteiger partial charge in [-0.3, -0.25) is 4.79 Å². The first-order valence-corrected chi connectivity index (χ1v) is 6.88. The molecule has 20 heavy (non-hydrogen) atoms. The molecule has 0 amide bonds. The van der Waals surface area contributed by atoms with Gasteiger partial charge in [0.1, 0.15) is 5.75 Å². The number of pyridine rings is 1. The molecule has 2 rings (SSSR count). The smallest absolute Gasteiger partial charge is 0.248 e. The number of benzene rings is 1. The molecule has 0 bridgehead atoms. The van der Waals surface area contributed by atoms with E-state index < -0.39 is 0 Å². The number of aromatic amines is 1. The summed E-state index contributed by atoms with van der Waals surface area (Å²) in [6.45, 7) is 1.67. The molecule has 5 nitrogen and oxygen atoms in total. The summed E-state index contributed by atoms with van der Waals surface area (Å²) in [6, 6.07) is 6.76. The largest absolute Gasteiger partial charge is 0.506 e. The molecule has 0 unspecified atom stereocenters. The van der Waals surface area contributed by atoms with Gasteiger partial charge < -0.3 is 20.5 Å². The minimum Gasteiger partial charge on any atom is -0.506 e.